The van der Waals surface area contributed by atoms with Gasteiger partial charge in [0.25, 0.3) is 0 Å². The Kier molecular flexibility index (Phi) is 6.80. The number of rotatable bonds is 4. The summed E-state index contributed by atoms with van der Waals surface area (Å²) < 4.78 is 6.76. The number of benzene rings is 6. The maximum Gasteiger partial charge on any atom is 0.159 e. The topological polar surface area (TPSA) is 16.4 Å². The molecular weight excluding hydrogens is 679 g/mol. The number of fused-ring (bicyclic) bond motifs is 7. The van der Waals surface area contributed by atoms with E-state index in [0.717, 1.165) is 63.4 Å². The first-order valence-corrected chi connectivity index (χ1v) is 21.4. The minimum absolute atomic E-state index is 0.0251. The van der Waals surface area contributed by atoms with Crippen LogP contribution in [0.4, 0.5) is 17.1 Å². The smallest absolute Gasteiger partial charge is 0.159 e. The van der Waals surface area contributed by atoms with Gasteiger partial charge in [0, 0.05) is 21.9 Å². The zero-order valence-corrected chi connectivity index (χ0v) is 33.2. The van der Waals surface area contributed by atoms with E-state index >= 15 is 0 Å². The Bertz CT molecular complexity index is 2700. The van der Waals surface area contributed by atoms with Gasteiger partial charge in [0.05, 0.1) is 11.4 Å². The van der Waals surface area contributed by atoms with Gasteiger partial charge < -0.3 is 9.32 Å². The van der Waals surface area contributed by atoms with Crippen LogP contribution in [0.25, 0.3) is 44.2 Å². The van der Waals surface area contributed by atoms with Crippen LogP contribution in [0, 0.1) is 23.7 Å². The molecule has 0 N–H and O–H groups in total. The summed E-state index contributed by atoms with van der Waals surface area (Å²) in [6.07, 6.45) is 9.44. The molecule has 2 heteroatoms. The molecule has 4 saturated carbocycles. The number of para-hydroxylation sites is 2. The Morgan fingerprint density at radius 3 is 1.95 bits per heavy atom. The summed E-state index contributed by atoms with van der Waals surface area (Å²) in [6, 6.07) is 48.5. The summed E-state index contributed by atoms with van der Waals surface area (Å²) in [4.78, 5) is 2.50. The highest BCUT2D eigenvalue weighted by molar-refractivity contribution is 6.10. The second kappa shape index (κ2) is 11.5. The minimum atomic E-state index is 0.0251. The van der Waals surface area contributed by atoms with Crippen molar-refractivity contribution in [3.05, 3.63) is 150 Å². The van der Waals surface area contributed by atoms with Gasteiger partial charge in [-0.1, -0.05) is 119 Å². The number of anilines is 3. The molecule has 0 amide bonds. The van der Waals surface area contributed by atoms with Gasteiger partial charge in [-0.2, -0.15) is 0 Å². The molecule has 0 saturated heterocycles. The highest BCUT2D eigenvalue weighted by Crippen LogP contribution is 2.69. The average molecular weight is 730 g/mol. The van der Waals surface area contributed by atoms with E-state index in [1.807, 2.05) is 0 Å². The van der Waals surface area contributed by atoms with Crippen molar-refractivity contribution < 1.29 is 4.42 Å². The summed E-state index contributed by atoms with van der Waals surface area (Å²) in [6.45, 7) is 9.73. The SMILES string of the molecule is CC1(C)CCC(C)(C)c2c(N(c3ccc(-c4ccc5c(c4)C4(c6ccccc6-5)C5CC6CC(C5)CC4C6)cc3)c3cccc4c3oc3ccccc34)cccc21. The van der Waals surface area contributed by atoms with Gasteiger partial charge in [-0.15, -0.1) is 0 Å². The van der Waals surface area contributed by atoms with E-state index in [9.17, 15) is 0 Å². The zero-order chi connectivity index (χ0) is 37.6. The van der Waals surface area contributed by atoms with Crippen molar-refractivity contribution in [1.82, 2.24) is 0 Å². The molecule has 0 atom stereocenters. The third-order valence-electron chi connectivity index (χ3n) is 15.7. The van der Waals surface area contributed by atoms with Crippen LogP contribution in [0.3, 0.4) is 0 Å². The fourth-order valence-electron chi connectivity index (χ4n) is 13.3. The Balaban J connectivity index is 1.02. The molecule has 6 aliphatic carbocycles. The third-order valence-corrected chi connectivity index (χ3v) is 15.7. The molecule has 2 nitrogen and oxygen atoms in total. The monoisotopic (exact) mass is 729 g/mol. The van der Waals surface area contributed by atoms with Gasteiger partial charge >= 0.3 is 0 Å². The molecular formula is C54H51NO. The van der Waals surface area contributed by atoms with Gasteiger partial charge in [0.1, 0.15) is 5.58 Å². The molecule has 0 unspecified atom stereocenters. The van der Waals surface area contributed by atoms with Crippen LogP contribution in [-0.4, -0.2) is 0 Å². The first-order valence-electron chi connectivity index (χ1n) is 21.4. The van der Waals surface area contributed by atoms with Crippen molar-refractivity contribution in [2.75, 3.05) is 4.90 Å². The normalized spacial score (nSPS) is 26.1. The fourth-order valence-corrected chi connectivity index (χ4v) is 13.3. The number of hydrogen-bond donors (Lipinski definition) is 0. The van der Waals surface area contributed by atoms with E-state index in [1.165, 1.54) is 77.6 Å². The standard InChI is InChI=1S/C54H51NO/c1-52(2)25-26-53(3,4)50-45(52)15-10-16-47(50)55(48-17-9-13-43-42-12-6-8-18-49(42)56-51(43)48)39-22-19-35(20-23-39)36-21-24-41-40-11-5-7-14-44(40)54(46(41)32-36)37-28-33-27-34(30-37)31-38(54)29-33/h5-24,32-34,37-38H,25-31H2,1-4H3. The van der Waals surface area contributed by atoms with Gasteiger partial charge in [0.15, 0.2) is 5.58 Å². The second-order valence-corrected chi connectivity index (χ2v) is 19.6. The molecule has 4 fully saturated rings. The molecule has 6 aromatic carbocycles. The summed E-state index contributed by atoms with van der Waals surface area (Å²) in [5.41, 5.74) is 17.4. The number of hydrogen-bond acceptors (Lipinski definition) is 2. The molecule has 56 heavy (non-hydrogen) atoms. The van der Waals surface area contributed by atoms with Crippen LogP contribution in [-0.2, 0) is 16.2 Å². The van der Waals surface area contributed by atoms with Crippen molar-refractivity contribution in [2.24, 2.45) is 23.7 Å². The van der Waals surface area contributed by atoms with Crippen LogP contribution in [0.2, 0.25) is 0 Å². The van der Waals surface area contributed by atoms with Crippen molar-refractivity contribution in [3.8, 4) is 22.3 Å². The minimum Gasteiger partial charge on any atom is -0.454 e. The first-order chi connectivity index (χ1) is 27.2. The fraction of sp³-hybridized carbons (Fsp3) is 0.333. The highest BCUT2D eigenvalue weighted by Gasteiger charge is 2.61. The first kappa shape index (κ1) is 33.1. The van der Waals surface area contributed by atoms with Crippen molar-refractivity contribution in [3.63, 3.8) is 0 Å². The van der Waals surface area contributed by atoms with Gasteiger partial charge in [-0.05, 0) is 160 Å². The van der Waals surface area contributed by atoms with Gasteiger partial charge in [-0.25, -0.2) is 0 Å². The van der Waals surface area contributed by atoms with E-state index in [0.29, 0.717) is 0 Å². The van der Waals surface area contributed by atoms with Crippen LogP contribution in [0.1, 0.15) is 94.9 Å². The molecule has 13 rings (SSSR count). The van der Waals surface area contributed by atoms with Crippen LogP contribution >= 0.6 is 0 Å². The van der Waals surface area contributed by atoms with E-state index in [2.05, 4.69) is 160 Å². The number of nitrogens with zero attached hydrogens (tertiary/aromatic N) is 1. The third kappa shape index (κ3) is 4.45. The van der Waals surface area contributed by atoms with Crippen LogP contribution < -0.4 is 4.90 Å². The van der Waals surface area contributed by atoms with Crippen molar-refractivity contribution >= 4 is 39.0 Å². The molecule has 0 radical (unpaired) electrons. The largest absolute Gasteiger partial charge is 0.454 e. The molecule has 1 heterocycles. The zero-order valence-electron chi connectivity index (χ0n) is 33.2. The number of furan rings is 1. The lowest BCUT2D eigenvalue weighted by atomic mass is 9.43. The second-order valence-electron chi connectivity index (χ2n) is 19.6. The van der Waals surface area contributed by atoms with Gasteiger partial charge in [-0.3, -0.25) is 0 Å². The predicted molar refractivity (Wildman–Crippen MR) is 232 cm³/mol. The lowest BCUT2D eigenvalue weighted by Gasteiger charge is -2.61. The lowest BCUT2D eigenvalue weighted by molar-refractivity contribution is -0.0399. The molecule has 7 aromatic rings. The Labute approximate surface area is 331 Å². The van der Waals surface area contributed by atoms with E-state index in [1.54, 1.807) is 11.1 Å². The maximum atomic E-state index is 6.76. The molecule has 0 aliphatic heterocycles. The van der Waals surface area contributed by atoms with Crippen LogP contribution in [0.5, 0.6) is 0 Å². The molecule has 1 aromatic heterocycles. The quantitative estimate of drug-likeness (QED) is 0.179. The van der Waals surface area contributed by atoms with Crippen molar-refractivity contribution in [2.45, 2.75) is 88.9 Å². The summed E-state index contributed by atoms with van der Waals surface area (Å²) >= 11 is 0. The predicted octanol–water partition coefficient (Wildman–Crippen LogP) is 14.8. The summed E-state index contributed by atoms with van der Waals surface area (Å²) in [5.74, 6) is 3.41. The van der Waals surface area contributed by atoms with Crippen molar-refractivity contribution in [1.29, 1.82) is 0 Å². The summed E-state index contributed by atoms with van der Waals surface area (Å²) in [5, 5.41) is 2.31. The molecule has 4 bridgehead atoms. The van der Waals surface area contributed by atoms with Crippen LogP contribution in [0.15, 0.2) is 132 Å². The summed E-state index contributed by atoms with van der Waals surface area (Å²) in [7, 11) is 0. The molecule has 278 valence electrons. The van der Waals surface area contributed by atoms with E-state index in [-0.39, 0.29) is 16.2 Å². The molecule has 1 spiro atoms. The Morgan fingerprint density at radius 2 is 1.14 bits per heavy atom. The van der Waals surface area contributed by atoms with E-state index < -0.39 is 0 Å². The highest BCUT2D eigenvalue weighted by atomic mass is 16.3. The Morgan fingerprint density at radius 1 is 0.518 bits per heavy atom. The van der Waals surface area contributed by atoms with Gasteiger partial charge in [0.2, 0.25) is 0 Å². The average Bonchev–Trinajstić information content (AvgIpc) is 3.73. The maximum absolute atomic E-state index is 6.76. The molecule has 6 aliphatic rings. The lowest BCUT2D eigenvalue weighted by Crippen LogP contribution is -2.55. The van der Waals surface area contributed by atoms with E-state index in [4.69, 9.17) is 4.42 Å². The Hall–Kier alpha value is -5.08.